The van der Waals surface area contributed by atoms with Gasteiger partial charge in [-0.05, 0) is 30.2 Å². The summed E-state index contributed by atoms with van der Waals surface area (Å²) in [7, 11) is 0. The van der Waals surface area contributed by atoms with Crippen molar-refractivity contribution < 1.29 is 4.79 Å². The van der Waals surface area contributed by atoms with Crippen molar-refractivity contribution in [1.82, 2.24) is 15.1 Å². The largest absolute Gasteiger partial charge is 0.348 e. The number of hydrogen-bond acceptors (Lipinski definition) is 3. The molecule has 0 spiro atoms. The fraction of sp³-hybridized carbons (Fsp3) is 0.348. The van der Waals surface area contributed by atoms with E-state index in [2.05, 4.69) is 67.5 Å². The van der Waals surface area contributed by atoms with Crippen LogP contribution in [0.1, 0.15) is 24.1 Å². The van der Waals surface area contributed by atoms with E-state index in [1.807, 2.05) is 37.3 Å². The average Bonchev–Trinajstić information content (AvgIpc) is 2.70. The van der Waals surface area contributed by atoms with Crippen LogP contribution >= 0.6 is 15.9 Å². The van der Waals surface area contributed by atoms with Gasteiger partial charge in [0.15, 0.2) is 0 Å². The van der Waals surface area contributed by atoms with Gasteiger partial charge < -0.3 is 5.32 Å². The summed E-state index contributed by atoms with van der Waals surface area (Å²) in [4.78, 5) is 17.1. The second-order valence-corrected chi connectivity index (χ2v) is 8.15. The maximum atomic E-state index is 12.4. The van der Waals surface area contributed by atoms with Gasteiger partial charge in [-0.25, -0.2) is 0 Å². The fourth-order valence-electron chi connectivity index (χ4n) is 3.36. The minimum Gasteiger partial charge on any atom is -0.348 e. The number of carbonyl (C=O) groups excluding carboxylic acids is 1. The zero-order valence-electron chi connectivity index (χ0n) is 16.4. The summed E-state index contributed by atoms with van der Waals surface area (Å²) >= 11 is 3.44. The molecule has 1 amide bonds. The number of hydrogen-bond donors (Lipinski definition) is 1. The van der Waals surface area contributed by atoms with Crippen LogP contribution in [0.2, 0.25) is 0 Å². The molecule has 5 heteroatoms. The van der Waals surface area contributed by atoms with Gasteiger partial charge in [0.2, 0.25) is 5.91 Å². The fourth-order valence-corrected chi connectivity index (χ4v) is 3.62. The highest BCUT2D eigenvalue weighted by atomic mass is 79.9. The number of carbonyl (C=O) groups is 1. The summed E-state index contributed by atoms with van der Waals surface area (Å²) in [6.45, 7) is 7.30. The van der Waals surface area contributed by atoms with E-state index in [-0.39, 0.29) is 11.9 Å². The number of amides is 1. The molecule has 2 aromatic rings. The quantitative estimate of drug-likeness (QED) is 0.705. The molecule has 3 rings (SSSR count). The van der Waals surface area contributed by atoms with Crippen LogP contribution in [0, 0.1) is 0 Å². The molecule has 4 nitrogen and oxygen atoms in total. The molecule has 0 saturated carbocycles. The first-order chi connectivity index (χ1) is 13.6. The van der Waals surface area contributed by atoms with Gasteiger partial charge >= 0.3 is 0 Å². The lowest BCUT2D eigenvalue weighted by atomic mass is 10.1. The SMILES string of the molecule is CC(NC(=O)CN1CCN(C/C=C/c2ccccc2)CC1)c1ccc(Br)cc1. The molecule has 1 N–H and O–H groups in total. The topological polar surface area (TPSA) is 35.6 Å². The number of rotatable bonds is 7. The first kappa shape index (κ1) is 20.8. The maximum Gasteiger partial charge on any atom is 0.234 e. The molecule has 1 fully saturated rings. The normalized spacial score (nSPS) is 16.9. The monoisotopic (exact) mass is 441 g/mol. The summed E-state index contributed by atoms with van der Waals surface area (Å²) < 4.78 is 1.05. The van der Waals surface area contributed by atoms with Crippen molar-refractivity contribution in [3.8, 4) is 0 Å². The Balaban J connectivity index is 1.37. The molecule has 0 aromatic heterocycles. The van der Waals surface area contributed by atoms with E-state index in [0.29, 0.717) is 6.54 Å². The average molecular weight is 442 g/mol. The van der Waals surface area contributed by atoms with Gasteiger partial charge in [-0.2, -0.15) is 0 Å². The lowest BCUT2D eigenvalue weighted by Gasteiger charge is -2.33. The van der Waals surface area contributed by atoms with Crippen molar-refractivity contribution in [2.75, 3.05) is 39.3 Å². The van der Waals surface area contributed by atoms with Crippen LogP contribution in [0.15, 0.2) is 65.1 Å². The van der Waals surface area contributed by atoms with Crippen LogP contribution in [0.5, 0.6) is 0 Å². The standard InChI is InChI=1S/C23H28BrN3O/c1-19(21-9-11-22(24)12-10-21)25-23(28)18-27-16-14-26(15-17-27)13-5-8-20-6-3-2-4-7-20/h2-12,19H,13-18H2,1H3,(H,25,28)/b8-5+. The minimum absolute atomic E-state index is 0.0185. The van der Waals surface area contributed by atoms with Gasteiger partial charge in [0.25, 0.3) is 0 Å². The molecule has 1 atom stereocenters. The molecule has 2 aromatic carbocycles. The van der Waals surface area contributed by atoms with Crippen molar-refractivity contribution in [2.24, 2.45) is 0 Å². The Kier molecular flexibility index (Phi) is 7.83. The maximum absolute atomic E-state index is 12.4. The Morgan fingerprint density at radius 2 is 1.68 bits per heavy atom. The van der Waals surface area contributed by atoms with E-state index in [1.165, 1.54) is 5.56 Å². The highest BCUT2D eigenvalue weighted by molar-refractivity contribution is 9.10. The second-order valence-electron chi connectivity index (χ2n) is 7.23. The molecule has 0 bridgehead atoms. The Morgan fingerprint density at radius 3 is 2.36 bits per heavy atom. The predicted octanol–water partition coefficient (Wildman–Crippen LogP) is 3.96. The lowest BCUT2D eigenvalue weighted by molar-refractivity contribution is -0.123. The summed E-state index contributed by atoms with van der Waals surface area (Å²) in [6.07, 6.45) is 4.39. The van der Waals surface area contributed by atoms with Crippen molar-refractivity contribution >= 4 is 27.9 Å². The molecule has 1 unspecified atom stereocenters. The van der Waals surface area contributed by atoms with E-state index < -0.39 is 0 Å². The molecule has 28 heavy (non-hydrogen) atoms. The third-order valence-electron chi connectivity index (χ3n) is 5.05. The van der Waals surface area contributed by atoms with Crippen molar-refractivity contribution in [2.45, 2.75) is 13.0 Å². The van der Waals surface area contributed by atoms with E-state index in [4.69, 9.17) is 0 Å². The number of nitrogens with zero attached hydrogens (tertiary/aromatic N) is 2. The Bertz CT molecular complexity index is 768. The van der Waals surface area contributed by atoms with Gasteiger partial charge in [0, 0.05) is 37.2 Å². The zero-order chi connectivity index (χ0) is 19.8. The van der Waals surface area contributed by atoms with Crippen LogP contribution in [0.4, 0.5) is 0 Å². The number of benzene rings is 2. The molecule has 1 saturated heterocycles. The van der Waals surface area contributed by atoms with Crippen LogP contribution in [-0.2, 0) is 4.79 Å². The van der Waals surface area contributed by atoms with Crippen LogP contribution in [-0.4, -0.2) is 55.0 Å². The molecular weight excluding hydrogens is 414 g/mol. The second kappa shape index (κ2) is 10.6. The Hall–Kier alpha value is -1.95. The van der Waals surface area contributed by atoms with Gasteiger partial charge in [-0.15, -0.1) is 0 Å². The molecule has 0 aliphatic carbocycles. The van der Waals surface area contributed by atoms with Gasteiger partial charge in [0.1, 0.15) is 0 Å². The Labute approximate surface area is 176 Å². The summed E-state index contributed by atoms with van der Waals surface area (Å²) in [6, 6.07) is 18.5. The summed E-state index contributed by atoms with van der Waals surface area (Å²) in [5, 5.41) is 3.11. The van der Waals surface area contributed by atoms with E-state index in [9.17, 15) is 4.79 Å². The highest BCUT2D eigenvalue weighted by Crippen LogP contribution is 2.16. The highest BCUT2D eigenvalue weighted by Gasteiger charge is 2.19. The molecule has 0 radical (unpaired) electrons. The third kappa shape index (κ3) is 6.59. The van der Waals surface area contributed by atoms with Crippen molar-refractivity contribution in [3.63, 3.8) is 0 Å². The summed E-state index contributed by atoms with van der Waals surface area (Å²) in [5.74, 6) is 0.0906. The third-order valence-corrected chi connectivity index (χ3v) is 5.58. The van der Waals surface area contributed by atoms with E-state index in [0.717, 1.165) is 42.8 Å². The van der Waals surface area contributed by atoms with Gasteiger partial charge in [-0.1, -0.05) is 70.5 Å². The smallest absolute Gasteiger partial charge is 0.234 e. The Morgan fingerprint density at radius 1 is 1.04 bits per heavy atom. The first-order valence-electron chi connectivity index (χ1n) is 9.81. The summed E-state index contributed by atoms with van der Waals surface area (Å²) in [5.41, 5.74) is 2.35. The van der Waals surface area contributed by atoms with Crippen LogP contribution in [0.25, 0.3) is 6.08 Å². The van der Waals surface area contributed by atoms with Crippen molar-refractivity contribution in [3.05, 3.63) is 76.3 Å². The predicted molar refractivity (Wildman–Crippen MR) is 119 cm³/mol. The zero-order valence-corrected chi connectivity index (χ0v) is 17.9. The molecule has 1 aliphatic rings. The number of halogens is 1. The van der Waals surface area contributed by atoms with Gasteiger partial charge in [-0.3, -0.25) is 14.6 Å². The number of nitrogens with one attached hydrogen (secondary N) is 1. The molecule has 1 heterocycles. The lowest BCUT2D eigenvalue weighted by Crippen LogP contribution is -2.49. The van der Waals surface area contributed by atoms with E-state index >= 15 is 0 Å². The number of piperazine rings is 1. The van der Waals surface area contributed by atoms with Gasteiger partial charge in [0.05, 0.1) is 12.6 Å². The molecule has 148 valence electrons. The van der Waals surface area contributed by atoms with E-state index in [1.54, 1.807) is 0 Å². The van der Waals surface area contributed by atoms with Crippen molar-refractivity contribution in [1.29, 1.82) is 0 Å². The first-order valence-corrected chi connectivity index (χ1v) is 10.6. The minimum atomic E-state index is 0.0185. The van der Waals surface area contributed by atoms with Crippen LogP contribution in [0.3, 0.4) is 0 Å². The van der Waals surface area contributed by atoms with Crippen LogP contribution < -0.4 is 5.32 Å². The molecular formula is C23H28BrN3O. The molecule has 1 aliphatic heterocycles.